The lowest BCUT2D eigenvalue weighted by atomic mass is 10.0. The molecule has 2 unspecified atom stereocenters. The summed E-state index contributed by atoms with van der Waals surface area (Å²) in [6.45, 7) is 4.34. The number of aryl methyl sites for hydroxylation is 1. The Labute approximate surface area is 113 Å². The monoisotopic (exact) mass is 271 g/mol. The van der Waals surface area contributed by atoms with E-state index in [0.717, 1.165) is 13.1 Å². The predicted molar refractivity (Wildman–Crippen MR) is 71.4 cm³/mol. The predicted octanol–water partition coefficient (Wildman–Crippen LogP) is 0.710. The van der Waals surface area contributed by atoms with Gasteiger partial charge in [-0.2, -0.15) is 0 Å². The molecule has 2 atom stereocenters. The van der Waals surface area contributed by atoms with Crippen molar-refractivity contribution in [1.82, 2.24) is 5.32 Å². The largest absolute Gasteiger partial charge is 0.394 e. The fraction of sp³-hybridized carbons (Fsp3) is 0.571. The first-order valence-corrected chi connectivity index (χ1v) is 6.43. The van der Waals surface area contributed by atoms with Gasteiger partial charge in [-0.3, -0.25) is 0 Å². The van der Waals surface area contributed by atoms with Gasteiger partial charge in [-0.05, 0) is 18.6 Å². The van der Waals surface area contributed by atoms with E-state index in [1.54, 1.807) is 19.1 Å². The number of aliphatic hydroxyl groups excluding tert-OH is 2. The number of ether oxygens (including phenoxy) is 1. The third kappa shape index (κ3) is 6.11. The molecule has 0 radical (unpaired) electrons. The van der Waals surface area contributed by atoms with Crippen LogP contribution in [0.5, 0.6) is 0 Å². The van der Waals surface area contributed by atoms with E-state index in [1.165, 1.54) is 6.07 Å². The van der Waals surface area contributed by atoms with Gasteiger partial charge in [-0.15, -0.1) is 0 Å². The van der Waals surface area contributed by atoms with Gasteiger partial charge in [0.15, 0.2) is 0 Å². The zero-order chi connectivity index (χ0) is 14.1. The Morgan fingerprint density at radius 2 is 2.21 bits per heavy atom. The quantitative estimate of drug-likeness (QED) is 0.741. The smallest absolute Gasteiger partial charge is 0.126 e. The topological polar surface area (TPSA) is 61.7 Å². The van der Waals surface area contributed by atoms with Crippen molar-refractivity contribution in [3.8, 4) is 0 Å². The maximum Gasteiger partial charge on any atom is 0.126 e. The molecule has 1 aliphatic rings. The van der Waals surface area contributed by atoms with Crippen molar-refractivity contribution in [3.63, 3.8) is 0 Å². The average molecular weight is 271 g/mol. The lowest BCUT2D eigenvalue weighted by molar-refractivity contribution is 0.0120. The maximum absolute atomic E-state index is 12.3. The summed E-state index contributed by atoms with van der Waals surface area (Å²) < 4.78 is 17.5. The first-order chi connectivity index (χ1) is 9.15. The van der Waals surface area contributed by atoms with Gasteiger partial charge in [-0.25, -0.2) is 4.39 Å². The molecule has 1 saturated heterocycles. The molecular formula is C14H22FNO3. The van der Waals surface area contributed by atoms with Crippen LogP contribution in [-0.4, -0.2) is 49.2 Å². The molecule has 0 bridgehead atoms. The van der Waals surface area contributed by atoms with Crippen LogP contribution in [0.25, 0.3) is 0 Å². The number of hydrogen-bond donors (Lipinski definition) is 3. The number of nitrogens with one attached hydrogen (secondary N) is 1. The standard InChI is InChI=1S/C7H7F.C7H15NO3/c1-6-4-2-3-5-7(6)8;9-4-7(10)6-3-8-1-2-11-5-6/h2-5H,1H3;6-10H,1-5H2. The molecule has 0 aliphatic carbocycles. The molecule has 0 saturated carbocycles. The highest BCUT2D eigenvalue weighted by Crippen LogP contribution is 2.05. The summed E-state index contributed by atoms with van der Waals surface area (Å²) in [6, 6.07) is 6.70. The SMILES string of the molecule is Cc1ccccc1F.OCC(O)C1CNCCOC1. The molecule has 1 aliphatic heterocycles. The Kier molecular flexibility index (Phi) is 7.59. The third-order valence-corrected chi connectivity index (χ3v) is 2.97. The van der Waals surface area contributed by atoms with Crippen LogP contribution in [0.15, 0.2) is 24.3 Å². The van der Waals surface area contributed by atoms with E-state index in [4.69, 9.17) is 9.84 Å². The van der Waals surface area contributed by atoms with Crippen molar-refractivity contribution in [2.75, 3.05) is 32.9 Å². The number of rotatable bonds is 2. The fourth-order valence-electron chi connectivity index (χ4n) is 1.67. The zero-order valence-electron chi connectivity index (χ0n) is 11.2. The van der Waals surface area contributed by atoms with E-state index in [-0.39, 0.29) is 18.3 Å². The highest BCUT2D eigenvalue weighted by atomic mass is 19.1. The van der Waals surface area contributed by atoms with E-state index in [9.17, 15) is 9.50 Å². The molecule has 1 heterocycles. The molecule has 1 aromatic rings. The summed E-state index contributed by atoms with van der Waals surface area (Å²) in [5, 5.41) is 21.0. The number of benzene rings is 1. The Hall–Kier alpha value is -1.01. The van der Waals surface area contributed by atoms with E-state index in [2.05, 4.69) is 5.32 Å². The van der Waals surface area contributed by atoms with Crippen molar-refractivity contribution in [1.29, 1.82) is 0 Å². The van der Waals surface area contributed by atoms with Crippen LogP contribution >= 0.6 is 0 Å². The summed E-state index contributed by atoms with van der Waals surface area (Å²) in [6.07, 6.45) is -0.652. The molecular weight excluding hydrogens is 249 g/mol. The van der Waals surface area contributed by atoms with Crippen molar-refractivity contribution in [2.24, 2.45) is 5.92 Å². The highest BCUT2D eigenvalue weighted by molar-refractivity contribution is 5.14. The molecule has 0 amide bonds. The van der Waals surface area contributed by atoms with Crippen LogP contribution < -0.4 is 5.32 Å². The Balaban J connectivity index is 0.000000200. The van der Waals surface area contributed by atoms with E-state index < -0.39 is 6.10 Å². The maximum atomic E-state index is 12.3. The van der Waals surface area contributed by atoms with E-state index in [0.29, 0.717) is 18.8 Å². The Bertz CT molecular complexity index is 333. The minimum Gasteiger partial charge on any atom is -0.394 e. The zero-order valence-corrected chi connectivity index (χ0v) is 11.2. The Morgan fingerprint density at radius 3 is 2.79 bits per heavy atom. The van der Waals surface area contributed by atoms with E-state index >= 15 is 0 Å². The van der Waals surface area contributed by atoms with Crippen LogP contribution in [0.1, 0.15) is 5.56 Å². The molecule has 5 heteroatoms. The first-order valence-electron chi connectivity index (χ1n) is 6.43. The van der Waals surface area contributed by atoms with E-state index in [1.807, 2.05) is 6.07 Å². The van der Waals surface area contributed by atoms with Gasteiger partial charge in [0.1, 0.15) is 5.82 Å². The third-order valence-electron chi connectivity index (χ3n) is 2.97. The number of halogens is 1. The summed E-state index contributed by atoms with van der Waals surface area (Å²) in [5.74, 6) is -0.102. The van der Waals surface area contributed by atoms with Crippen LogP contribution in [-0.2, 0) is 4.74 Å². The van der Waals surface area contributed by atoms with Crippen molar-refractivity contribution < 1.29 is 19.3 Å². The molecule has 1 aromatic carbocycles. The van der Waals surface area contributed by atoms with Crippen LogP contribution in [0.4, 0.5) is 4.39 Å². The molecule has 19 heavy (non-hydrogen) atoms. The minimum atomic E-state index is -0.652. The Morgan fingerprint density at radius 1 is 1.47 bits per heavy atom. The molecule has 3 N–H and O–H groups in total. The van der Waals surface area contributed by atoms with Crippen molar-refractivity contribution in [3.05, 3.63) is 35.6 Å². The van der Waals surface area contributed by atoms with Gasteiger partial charge in [-0.1, -0.05) is 18.2 Å². The first kappa shape index (κ1) is 16.0. The van der Waals surface area contributed by atoms with Gasteiger partial charge in [0.25, 0.3) is 0 Å². The summed E-state index contributed by atoms with van der Waals surface area (Å²) >= 11 is 0. The molecule has 0 aromatic heterocycles. The molecule has 108 valence electrons. The van der Waals surface area contributed by atoms with Crippen LogP contribution in [0, 0.1) is 18.7 Å². The number of aliphatic hydroxyl groups is 2. The normalized spacial score (nSPS) is 20.9. The minimum absolute atomic E-state index is 0.0301. The van der Waals surface area contributed by atoms with Crippen molar-refractivity contribution in [2.45, 2.75) is 13.0 Å². The summed E-state index contributed by atoms with van der Waals surface area (Å²) in [7, 11) is 0. The summed E-state index contributed by atoms with van der Waals surface area (Å²) in [5.41, 5.74) is 0.701. The molecule has 4 nitrogen and oxygen atoms in total. The second-order valence-electron chi connectivity index (χ2n) is 4.54. The molecule has 0 spiro atoms. The highest BCUT2D eigenvalue weighted by Gasteiger charge is 2.19. The van der Waals surface area contributed by atoms with Gasteiger partial charge in [0.05, 0.1) is 25.9 Å². The lowest BCUT2D eigenvalue weighted by Gasteiger charge is -2.17. The van der Waals surface area contributed by atoms with Gasteiger partial charge >= 0.3 is 0 Å². The second kappa shape index (κ2) is 8.98. The van der Waals surface area contributed by atoms with Crippen molar-refractivity contribution >= 4 is 0 Å². The molecule has 2 rings (SSSR count). The van der Waals surface area contributed by atoms with Gasteiger partial charge in [0.2, 0.25) is 0 Å². The fourth-order valence-corrected chi connectivity index (χ4v) is 1.67. The summed E-state index contributed by atoms with van der Waals surface area (Å²) in [4.78, 5) is 0. The average Bonchev–Trinajstić information content (AvgIpc) is 2.71. The molecule has 1 fully saturated rings. The number of hydrogen-bond acceptors (Lipinski definition) is 4. The lowest BCUT2D eigenvalue weighted by Crippen LogP contribution is -2.34. The second-order valence-corrected chi connectivity index (χ2v) is 4.54. The van der Waals surface area contributed by atoms with Crippen LogP contribution in [0.3, 0.4) is 0 Å². The van der Waals surface area contributed by atoms with Gasteiger partial charge in [0, 0.05) is 19.0 Å². The van der Waals surface area contributed by atoms with Gasteiger partial charge < -0.3 is 20.3 Å². The van der Waals surface area contributed by atoms with Crippen LogP contribution in [0.2, 0.25) is 0 Å².